The number of carbonyl (C=O) groups excluding carboxylic acids is 1. The first kappa shape index (κ1) is 19.1. The summed E-state index contributed by atoms with van der Waals surface area (Å²) in [7, 11) is 0. The van der Waals surface area contributed by atoms with E-state index in [0.717, 1.165) is 0 Å². The number of amides is 1. The molecule has 0 saturated carbocycles. The number of anilines is 2. The average Bonchev–Trinajstić information content (AvgIpc) is 2.78. The number of rotatable bonds is 6. The van der Waals surface area contributed by atoms with Crippen molar-refractivity contribution < 1.29 is 14.3 Å². The highest BCUT2D eigenvalue weighted by Gasteiger charge is 2.06. The first-order chi connectivity index (χ1) is 14.7. The molecule has 5 heteroatoms. The van der Waals surface area contributed by atoms with E-state index in [-0.39, 0.29) is 5.91 Å². The lowest BCUT2D eigenvalue weighted by Crippen LogP contribution is -2.11. The Morgan fingerprint density at radius 1 is 0.633 bits per heavy atom. The monoisotopic (exact) mass is 396 g/mol. The molecular weight excluding hydrogens is 376 g/mol. The number of nitrogen functional groups attached to an aromatic ring is 1. The maximum atomic E-state index is 12.2. The minimum absolute atomic E-state index is 0.156. The van der Waals surface area contributed by atoms with Crippen LogP contribution in [0.3, 0.4) is 0 Å². The molecule has 0 spiro atoms. The maximum absolute atomic E-state index is 12.2. The highest BCUT2D eigenvalue weighted by Crippen LogP contribution is 2.29. The molecule has 30 heavy (non-hydrogen) atoms. The molecule has 0 heterocycles. The van der Waals surface area contributed by atoms with Gasteiger partial charge >= 0.3 is 0 Å². The standard InChI is InChI=1S/C25H20N2O3/c26-19-9-13-21(14-10-19)29-23-7-4-8-24(17-23)30-22-15-11-20(12-16-22)27-25(28)18-5-2-1-3-6-18/h1-17H,26H2,(H,27,28). The van der Waals surface area contributed by atoms with Crippen LogP contribution in [0, 0.1) is 0 Å². The minimum Gasteiger partial charge on any atom is -0.457 e. The van der Waals surface area contributed by atoms with Crippen LogP contribution in [0.4, 0.5) is 11.4 Å². The number of hydrogen-bond acceptors (Lipinski definition) is 4. The van der Waals surface area contributed by atoms with Gasteiger partial charge in [-0.05, 0) is 72.8 Å². The molecule has 0 aromatic heterocycles. The Balaban J connectivity index is 1.39. The Labute approximate surface area is 174 Å². The summed E-state index contributed by atoms with van der Waals surface area (Å²) in [4.78, 5) is 12.2. The zero-order chi connectivity index (χ0) is 20.8. The van der Waals surface area contributed by atoms with Crippen molar-refractivity contribution in [3.63, 3.8) is 0 Å². The summed E-state index contributed by atoms with van der Waals surface area (Å²) >= 11 is 0. The van der Waals surface area contributed by atoms with Gasteiger partial charge in [0, 0.05) is 23.0 Å². The lowest BCUT2D eigenvalue weighted by Gasteiger charge is -2.10. The van der Waals surface area contributed by atoms with Gasteiger partial charge in [0.05, 0.1) is 0 Å². The van der Waals surface area contributed by atoms with Gasteiger partial charge in [-0.15, -0.1) is 0 Å². The van der Waals surface area contributed by atoms with Crippen molar-refractivity contribution >= 4 is 17.3 Å². The highest BCUT2D eigenvalue weighted by molar-refractivity contribution is 6.04. The predicted octanol–water partition coefficient (Wildman–Crippen LogP) is 6.11. The first-order valence-corrected chi connectivity index (χ1v) is 9.43. The summed E-state index contributed by atoms with van der Waals surface area (Å²) in [5.41, 5.74) is 7.68. The Morgan fingerprint density at radius 3 is 1.80 bits per heavy atom. The van der Waals surface area contributed by atoms with E-state index in [2.05, 4.69) is 5.32 Å². The van der Waals surface area contributed by atoms with Crippen LogP contribution in [0.1, 0.15) is 10.4 Å². The third-order valence-corrected chi connectivity index (χ3v) is 4.31. The SMILES string of the molecule is Nc1ccc(Oc2cccc(Oc3ccc(NC(=O)c4ccccc4)cc3)c2)cc1. The molecule has 5 nitrogen and oxygen atoms in total. The molecule has 1 amide bonds. The van der Waals surface area contributed by atoms with Crippen LogP contribution in [0.15, 0.2) is 103 Å². The van der Waals surface area contributed by atoms with E-state index < -0.39 is 0 Å². The summed E-state index contributed by atoms with van der Waals surface area (Å²) in [6.45, 7) is 0. The Bertz CT molecular complexity index is 1130. The van der Waals surface area contributed by atoms with Crippen LogP contribution in [0.2, 0.25) is 0 Å². The topological polar surface area (TPSA) is 73.6 Å². The number of benzene rings is 4. The molecule has 0 aliphatic heterocycles. The molecule has 0 atom stereocenters. The molecule has 0 saturated heterocycles. The second-order valence-electron chi connectivity index (χ2n) is 6.59. The fourth-order valence-electron chi connectivity index (χ4n) is 2.81. The van der Waals surface area contributed by atoms with Crippen LogP contribution < -0.4 is 20.5 Å². The molecule has 0 fully saturated rings. The maximum Gasteiger partial charge on any atom is 0.255 e. The third kappa shape index (κ3) is 4.97. The molecule has 4 rings (SSSR count). The molecule has 4 aromatic rings. The number of nitrogens with one attached hydrogen (secondary N) is 1. The Kier molecular flexibility index (Phi) is 5.62. The molecule has 0 bridgehead atoms. The van der Waals surface area contributed by atoms with E-state index in [9.17, 15) is 4.79 Å². The Hall–Kier alpha value is -4.25. The van der Waals surface area contributed by atoms with E-state index in [1.807, 2.05) is 48.5 Å². The van der Waals surface area contributed by atoms with Crippen molar-refractivity contribution in [3.8, 4) is 23.0 Å². The average molecular weight is 396 g/mol. The molecule has 0 unspecified atom stereocenters. The van der Waals surface area contributed by atoms with E-state index in [1.54, 1.807) is 54.6 Å². The van der Waals surface area contributed by atoms with Crippen molar-refractivity contribution in [2.24, 2.45) is 0 Å². The molecular formula is C25H20N2O3. The lowest BCUT2D eigenvalue weighted by atomic mass is 10.2. The number of carbonyl (C=O) groups is 1. The molecule has 0 aliphatic carbocycles. The number of nitrogens with two attached hydrogens (primary N) is 1. The van der Waals surface area contributed by atoms with Gasteiger partial charge in [-0.25, -0.2) is 0 Å². The van der Waals surface area contributed by atoms with Gasteiger partial charge in [-0.2, -0.15) is 0 Å². The van der Waals surface area contributed by atoms with E-state index in [1.165, 1.54) is 0 Å². The molecule has 4 aromatic carbocycles. The van der Waals surface area contributed by atoms with Crippen molar-refractivity contribution in [2.45, 2.75) is 0 Å². The van der Waals surface area contributed by atoms with E-state index >= 15 is 0 Å². The highest BCUT2D eigenvalue weighted by atomic mass is 16.5. The second-order valence-corrected chi connectivity index (χ2v) is 6.59. The van der Waals surface area contributed by atoms with Crippen molar-refractivity contribution in [3.05, 3.63) is 109 Å². The summed E-state index contributed by atoms with van der Waals surface area (Å²) in [5.74, 6) is 2.49. The lowest BCUT2D eigenvalue weighted by molar-refractivity contribution is 0.102. The zero-order valence-corrected chi connectivity index (χ0v) is 16.1. The van der Waals surface area contributed by atoms with Gasteiger partial charge in [0.25, 0.3) is 5.91 Å². The van der Waals surface area contributed by atoms with Crippen LogP contribution in [-0.2, 0) is 0 Å². The summed E-state index contributed by atoms with van der Waals surface area (Å²) in [5, 5.41) is 2.87. The normalized spacial score (nSPS) is 10.3. The molecule has 148 valence electrons. The quantitative estimate of drug-likeness (QED) is 0.386. The van der Waals surface area contributed by atoms with E-state index in [4.69, 9.17) is 15.2 Å². The van der Waals surface area contributed by atoms with Gasteiger partial charge < -0.3 is 20.5 Å². The van der Waals surface area contributed by atoms with Crippen molar-refractivity contribution in [1.29, 1.82) is 0 Å². The van der Waals surface area contributed by atoms with Crippen molar-refractivity contribution in [2.75, 3.05) is 11.1 Å². The second kappa shape index (κ2) is 8.84. The van der Waals surface area contributed by atoms with Crippen LogP contribution >= 0.6 is 0 Å². The number of ether oxygens (including phenoxy) is 2. The number of hydrogen-bond donors (Lipinski definition) is 2. The van der Waals surface area contributed by atoms with Crippen LogP contribution in [0.5, 0.6) is 23.0 Å². The zero-order valence-electron chi connectivity index (χ0n) is 16.1. The van der Waals surface area contributed by atoms with Gasteiger partial charge in [0.15, 0.2) is 0 Å². The van der Waals surface area contributed by atoms with Gasteiger partial charge in [0.1, 0.15) is 23.0 Å². The summed E-state index contributed by atoms with van der Waals surface area (Å²) in [6, 6.07) is 30.8. The molecule has 0 radical (unpaired) electrons. The smallest absolute Gasteiger partial charge is 0.255 e. The fourth-order valence-corrected chi connectivity index (χ4v) is 2.81. The van der Waals surface area contributed by atoms with Gasteiger partial charge in [0.2, 0.25) is 0 Å². The van der Waals surface area contributed by atoms with Crippen LogP contribution in [0.25, 0.3) is 0 Å². The minimum atomic E-state index is -0.156. The van der Waals surface area contributed by atoms with Crippen LogP contribution in [-0.4, -0.2) is 5.91 Å². The predicted molar refractivity (Wildman–Crippen MR) is 118 cm³/mol. The van der Waals surface area contributed by atoms with Gasteiger partial charge in [-0.1, -0.05) is 24.3 Å². The summed E-state index contributed by atoms with van der Waals surface area (Å²) < 4.78 is 11.7. The fraction of sp³-hybridized carbons (Fsp3) is 0. The first-order valence-electron chi connectivity index (χ1n) is 9.43. The summed E-state index contributed by atoms with van der Waals surface area (Å²) in [6.07, 6.45) is 0. The van der Waals surface area contributed by atoms with Gasteiger partial charge in [-0.3, -0.25) is 4.79 Å². The van der Waals surface area contributed by atoms with Crippen molar-refractivity contribution in [1.82, 2.24) is 0 Å². The molecule has 3 N–H and O–H groups in total. The molecule has 0 aliphatic rings. The van der Waals surface area contributed by atoms with E-state index in [0.29, 0.717) is 39.9 Å². The third-order valence-electron chi connectivity index (χ3n) is 4.31. The Morgan fingerprint density at radius 2 is 1.20 bits per heavy atom. The largest absolute Gasteiger partial charge is 0.457 e.